The molecule has 0 atom stereocenters. The third-order valence-electron chi connectivity index (χ3n) is 3.39. The van der Waals surface area contributed by atoms with E-state index >= 15 is 0 Å². The zero-order valence-electron chi connectivity index (χ0n) is 11.2. The number of aryl methyl sites for hydroxylation is 1. The number of benzene rings is 1. The van der Waals surface area contributed by atoms with Crippen molar-refractivity contribution in [3.05, 3.63) is 46.5 Å². The molecular formula is C16H21N. The standard InChI is InChI=1S/C16H21N/c1-11(2)16-13(4)17-10-15(16)9-14-7-5-12(3)6-8-14/h5-8,11H,9-10H2,1-4H3. The summed E-state index contributed by atoms with van der Waals surface area (Å²) in [6, 6.07) is 8.84. The van der Waals surface area contributed by atoms with E-state index in [1.54, 1.807) is 0 Å². The Morgan fingerprint density at radius 3 is 2.35 bits per heavy atom. The van der Waals surface area contributed by atoms with Crippen molar-refractivity contribution >= 4 is 5.71 Å². The van der Waals surface area contributed by atoms with Gasteiger partial charge < -0.3 is 0 Å². The quantitative estimate of drug-likeness (QED) is 0.741. The first kappa shape index (κ1) is 12.1. The van der Waals surface area contributed by atoms with Gasteiger partial charge in [-0.2, -0.15) is 0 Å². The highest BCUT2D eigenvalue weighted by molar-refractivity contribution is 6.01. The van der Waals surface area contributed by atoms with Gasteiger partial charge in [0.15, 0.2) is 0 Å². The van der Waals surface area contributed by atoms with E-state index in [4.69, 9.17) is 0 Å². The van der Waals surface area contributed by atoms with Crippen LogP contribution in [0.1, 0.15) is 31.9 Å². The Balaban J connectivity index is 2.21. The minimum absolute atomic E-state index is 0.585. The van der Waals surface area contributed by atoms with Crippen LogP contribution in [0.2, 0.25) is 0 Å². The fourth-order valence-corrected chi connectivity index (χ4v) is 2.57. The first-order valence-electron chi connectivity index (χ1n) is 6.37. The lowest BCUT2D eigenvalue weighted by Gasteiger charge is -2.11. The van der Waals surface area contributed by atoms with Crippen molar-refractivity contribution in [3.8, 4) is 0 Å². The summed E-state index contributed by atoms with van der Waals surface area (Å²) < 4.78 is 0. The van der Waals surface area contributed by atoms with Crippen LogP contribution in [0.25, 0.3) is 0 Å². The molecular weight excluding hydrogens is 206 g/mol. The molecule has 0 amide bonds. The van der Waals surface area contributed by atoms with Gasteiger partial charge in [-0.1, -0.05) is 43.7 Å². The molecule has 17 heavy (non-hydrogen) atoms. The largest absolute Gasteiger partial charge is 0.285 e. The Kier molecular flexibility index (Phi) is 3.46. The normalized spacial score (nSPS) is 15.7. The minimum Gasteiger partial charge on any atom is -0.285 e. The van der Waals surface area contributed by atoms with Crippen molar-refractivity contribution in [2.75, 3.05) is 6.54 Å². The topological polar surface area (TPSA) is 12.4 Å². The van der Waals surface area contributed by atoms with Crippen LogP contribution in [-0.2, 0) is 6.42 Å². The van der Waals surface area contributed by atoms with Crippen molar-refractivity contribution in [2.45, 2.75) is 34.1 Å². The number of nitrogens with zero attached hydrogens (tertiary/aromatic N) is 1. The van der Waals surface area contributed by atoms with Crippen molar-refractivity contribution in [1.29, 1.82) is 0 Å². The van der Waals surface area contributed by atoms with Crippen molar-refractivity contribution in [3.63, 3.8) is 0 Å². The van der Waals surface area contributed by atoms with Crippen LogP contribution >= 0.6 is 0 Å². The number of rotatable bonds is 3. The minimum atomic E-state index is 0.585. The van der Waals surface area contributed by atoms with Crippen LogP contribution in [-0.4, -0.2) is 12.3 Å². The van der Waals surface area contributed by atoms with Crippen LogP contribution in [0.4, 0.5) is 0 Å². The molecule has 0 saturated carbocycles. The van der Waals surface area contributed by atoms with E-state index in [-0.39, 0.29) is 0 Å². The molecule has 0 fully saturated rings. The van der Waals surface area contributed by atoms with E-state index in [9.17, 15) is 0 Å². The van der Waals surface area contributed by atoms with Crippen molar-refractivity contribution in [1.82, 2.24) is 0 Å². The number of hydrogen-bond donors (Lipinski definition) is 0. The first-order chi connectivity index (χ1) is 8.08. The SMILES string of the molecule is CC1=NCC(Cc2ccc(C)cc2)=C1C(C)C. The highest BCUT2D eigenvalue weighted by atomic mass is 14.8. The molecule has 1 heterocycles. The molecule has 1 aliphatic rings. The molecule has 0 aliphatic carbocycles. The molecule has 0 unspecified atom stereocenters. The zero-order valence-corrected chi connectivity index (χ0v) is 11.2. The number of hydrogen-bond acceptors (Lipinski definition) is 1. The van der Waals surface area contributed by atoms with Crippen molar-refractivity contribution in [2.24, 2.45) is 10.9 Å². The smallest absolute Gasteiger partial charge is 0.0612 e. The molecule has 90 valence electrons. The molecule has 0 radical (unpaired) electrons. The molecule has 1 aliphatic heterocycles. The average molecular weight is 227 g/mol. The molecule has 0 aromatic heterocycles. The van der Waals surface area contributed by atoms with Crippen LogP contribution in [0.5, 0.6) is 0 Å². The van der Waals surface area contributed by atoms with Crippen LogP contribution < -0.4 is 0 Å². The maximum Gasteiger partial charge on any atom is 0.0612 e. The summed E-state index contributed by atoms with van der Waals surface area (Å²) in [5.74, 6) is 0.585. The first-order valence-corrected chi connectivity index (χ1v) is 6.37. The number of aliphatic imine (C=N–C) groups is 1. The summed E-state index contributed by atoms with van der Waals surface area (Å²) in [5, 5.41) is 0. The van der Waals surface area contributed by atoms with Gasteiger partial charge in [0.2, 0.25) is 0 Å². The van der Waals surface area contributed by atoms with Gasteiger partial charge in [0.1, 0.15) is 0 Å². The van der Waals surface area contributed by atoms with Gasteiger partial charge in [-0.25, -0.2) is 0 Å². The van der Waals surface area contributed by atoms with E-state index < -0.39 is 0 Å². The lowest BCUT2D eigenvalue weighted by molar-refractivity contribution is 0.789. The Bertz CT molecular complexity index is 461. The third-order valence-corrected chi connectivity index (χ3v) is 3.39. The summed E-state index contributed by atoms with van der Waals surface area (Å²) >= 11 is 0. The Morgan fingerprint density at radius 1 is 1.12 bits per heavy atom. The highest BCUT2D eigenvalue weighted by Gasteiger charge is 2.18. The van der Waals surface area contributed by atoms with E-state index in [0.717, 1.165) is 13.0 Å². The monoisotopic (exact) mass is 227 g/mol. The second-order valence-electron chi connectivity index (χ2n) is 5.24. The Labute approximate surface area is 104 Å². The molecule has 1 aromatic rings. The lowest BCUT2D eigenvalue weighted by atomic mass is 9.92. The summed E-state index contributed by atoms with van der Waals surface area (Å²) in [6.45, 7) is 9.68. The van der Waals surface area contributed by atoms with Gasteiger partial charge in [0.25, 0.3) is 0 Å². The third kappa shape index (κ3) is 2.66. The maximum atomic E-state index is 4.58. The summed E-state index contributed by atoms with van der Waals surface area (Å²) in [4.78, 5) is 4.58. The molecule has 2 rings (SSSR count). The molecule has 0 N–H and O–H groups in total. The van der Waals surface area contributed by atoms with Crippen LogP contribution in [0, 0.1) is 12.8 Å². The fraction of sp³-hybridized carbons (Fsp3) is 0.438. The predicted octanol–water partition coefficient (Wildman–Crippen LogP) is 3.96. The lowest BCUT2D eigenvalue weighted by Crippen LogP contribution is -2.05. The summed E-state index contributed by atoms with van der Waals surface area (Å²) in [5.41, 5.74) is 6.94. The van der Waals surface area contributed by atoms with E-state index in [0.29, 0.717) is 5.92 Å². The van der Waals surface area contributed by atoms with Gasteiger partial charge in [-0.05, 0) is 42.9 Å². The van der Waals surface area contributed by atoms with Crippen LogP contribution in [0.3, 0.4) is 0 Å². The van der Waals surface area contributed by atoms with E-state index in [1.165, 1.54) is 28.0 Å². The van der Waals surface area contributed by atoms with Crippen molar-refractivity contribution < 1.29 is 0 Å². The Morgan fingerprint density at radius 2 is 1.76 bits per heavy atom. The second kappa shape index (κ2) is 4.87. The predicted molar refractivity (Wildman–Crippen MR) is 74.7 cm³/mol. The average Bonchev–Trinajstić information content (AvgIpc) is 2.63. The van der Waals surface area contributed by atoms with Gasteiger partial charge in [0, 0.05) is 5.71 Å². The van der Waals surface area contributed by atoms with Gasteiger partial charge in [0.05, 0.1) is 6.54 Å². The molecule has 0 spiro atoms. The van der Waals surface area contributed by atoms with Gasteiger partial charge >= 0.3 is 0 Å². The molecule has 0 bridgehead atoms. The zero-order chi connectivity index (χ0) is 12.4. The molecule has 1 aromatic carbocycles. The fourth-order valence-electron chi connectivity index (χ4n) is 2.57. The second-order valence-corrected chi connectivity index (χ2v) is 5.24. The van der Waals surface area contributed by atoms with Gasteiger partial charge in [-0.15, -0.1) is 0 Å². The Hall–Kier alpha value is -1.37. The van der Waals surface area contributed by atoms with Gasteiger partial charge in [-0.3, -0.25) is 4.99 Å². The molecule has 1 heteroatoms. The maximum absolute atomic E-state index is 4.58. The molecule has 0 saturated heterocycles. The number of allylic oxidation sites excluding steroid dienone is 1. The summed E-state index contributed by atoms with van der Waals surface area (Å²) in [6.07, 6.45) is 1.05. The highest BCUT2D eigenvalue weighted by Crippen LogP contribution is 2.25. The van der Waals surface area contributed by atoms with Crippen LogP contribution in [0.15, 0.2) is 40.4 Å². The van der Waals surface area contributed by atoms with E-state index in [1.807, 2.05) is 0 Å². The van der Waals surface area contributed by atoms with E-state index in [2.05, 4.69) is 57.0 Å². The summed E-state index contributed by atoms with van der Waals surface area (Å²) in [7, 11) is 0. The molecule has 1 nitrogen and oxygen atoms in total.